The number of nitriles is 2. The SMILES string of the molecule is CCOc1ccc(OCC)c([C@@H]2[C@H](Cc3ccccc3)N3c4ccccc4C=C[C@@H]3C2(C#N)C#N)c1. The van der Waals surface area contributed by atoms with Gasteiger partial charge < -0.3 is 14.4 Å². The van der Waals surface area contributed by atoms with E-state index in [-0.39, 0.29) is 6.04 Å². The summed E-state index contributed by atoms with van der Waals surface area (Å²) in [6, 6.07) is 28.7. The molecule has 0 aliphatic carbocycles. The number of rotatable bonds is 7. The smallest absolute Gasteiger partial charge is 0.176 e. The third-order valence-electron chi connectivity index (χ3n) is 7.26. The molecule has 2 heterocycles. The minimum Gasteiger partial charge on any atom is -0.494 e. The summed E-state index contributed by atoms with van der Waals surface area (Å²) in [7, 11) is 0. The summed E-state index contributed by atoms with van der Waals surface area (Å²) in [5.41, 5.74) is 2.81. The standard InChI is InChI=1S/C31H29N3O2/c1-3-35-24-15-16-28(36-4-2)25(19-24)30-27(18-22-10-6-5-7-11-22)34-26-13-9-8-12-23(26)14-17-29(34)31(30,20-32)21-33/h5-17,19,27,29-30H,3-4,18H2,1-2H3/t27-,29+,30+/m0/s1. The molecule has 2 aliphatic heterocycles. The molecule has 3 atom stereocenters. The fourth-order valence-electron chi connectivity index (χ4n) is 5.84. The predicted molar refractivity (Wildman–Crippen MR) is 141 cm³/mol. The molecule has 0 bridgehead atoms. The molecule has 1 fully saturated rings. The lowest BCUT2D eigenvalue weighted by molar-refractivity contribution is 0.318. The second-order valence-electron chi connectivity index (χ2n) is 9.16. The Morgan fingerprint density at radius 1 is 0.889 bits per heavy atom. The molecule has 0 saturated carbocycles. The van der Waals surface area contributed by atoms with E-state index in [1.54, 1.807) is 0 Å². The molecule has 3 aromatic carbocycles. The summed E-state index contributed by atoms with van der Waals surface area (Å²) < 4.78 is 11.9. The zero-order chi connectivity index (χ0) is 25.1. The van der Waals surface area contributed by atoms with Gasteiger partial charge in [-0.3, -0.25) is 0 Å². The number of ether oxygens (including phenoxy) is 2. The van der Waals surface area contributed by atoms with Crippen molar-refractivity contribution in [1.82, 2.24) is 0 Å². The van der Waals surface area contributed by atoms with Gasteiger partial charge in [-0.15, -0.1) is 0 Å². The van der Waals surface area contributed by atoms with E-state index in [0.29, 0.717) is 31.1 Å². The van der Waals surface area contributed by atoms with Crippen LogP contribution in [0, 0.1) is 28.1 Å². The molecular weight excluding hydrogens is 446 g/mol. The quantitative estimate of drug-likeness (QED) is 0.411. The normalized spacial score (nSPS) is 21.1. The minimum atomic E-state index is -1.32. The molecule has 5 nitrogen and oxygen atoms in total. The Hall–Kier alpha value is -4.22. The first-order valence-corrected chi connectivity index (χ1v) is 12.5. The van der Waals surface area contributed by atoms with Crippen molar-refractivity contribution in [3.63, 3.8) is 0 Å². The molecule has 0 aromatic heterocycles. The largest absolute Gasteiger partial charge is 0.494 e. The van der Waals surface area contributed by atoms with Crippen LogP contribution in [-0.2, 0) is 6.42 Å². The average Bonchev–Trinajstić information content (AvgIpc) is 3.20. The summed E-state index contributed by atoms with van der Waals surface area (Å²) in [4.78, 5) is 2.29. The van der Waals surface area contributed by atoms with Crippen molar-refractivity contribution in [2.45, 2.75) is 38.3 Å². The van der Waals surface area contributed by atoms with Crippen molar-refractivity contribution in [2.24, 2.45) is 5.41 Å². The van der Waals surface area contributed by atoms with Gasteiger partial charge in [0.25, 0.3) is 0 Å². The summed E-state index contributed by atoms with van der Waals surface area (Å²) in [6.07, 6.45) is 4.75. The van der Waals surface area contributed by atoms with Crippen molar-refractivity contribution in [3.05, 3.63) is 95.6 Å². The second kappa shape index (κ2) is 9.80. The summed E-state index contributed by atoms with van der Waals surface area (Å²) in [5, 5.41) is 21.4. The van der Waals surface area contributed by atoms with Crippen LogP contribution >= 0.6 is 0 Å². The highest BCUT2D eigenvalue weighted by atomic mass is 16.5. The van der Waals surface area contributed by atoms with E-state index < -0.39 is 17.4 Å². The Balaban J connectivity index is 1.76. The summed E-state index contributed by atoms with van der Waals surface area (Å²) in [5.74, 6) is 0.964. The van der Waals surface area contributed by atoms with Crippen LogP contribution in [0.25, 0.3) is 6.08 Å². The molecule has 3 aromatic rings. The van der Waals surface area contributed by atoms with Gasteiger partial charge in [-0.25, -0.2) is 0 Å². The molecule has 180 valence electrons. The number of hydrogen-bond donors (Lipinski definition) is 0. The monoisotopic (exact) mass is 475 g/mol. The highest BCUT2D eigenvalue weighted by molar-refractivity contribution is 5.76. The third kappa shape index (κ3) is 3.78. The molecule has 0 amide bonds. The first-order valence-electron chi connectivity index (χ1n) is 12.5. The Kier molecular flexibility index (Phi) is 6.40. The maximum Gasteiger partial charge on any atom is 0.176 e. The van der Waals surface area contributed by atoms with Crippen molar-refractivity contribution in [3.8, 4) is 23.6 Å². The fraction of sp³-hybridized carbons (Fsp3) is 0.290. The van der Waals surface area contributed by atoms with Crippen LogP contribution < -0.4 is 14.4 Å². The van der Waals surface area contributed by atoms with E-state index in [0.717, 1.165) is 22.4 Å². The van der Waals surface area contributed by atoms with E-state index >= 15 is 0 Å². The molecule has 2 aliphatic rings. The first kappa shape index (κ1) is 23.5. The Labute approximate surface area is 212 Å². The number of nitrogens with zero attached hydrogens (tertiary/aromatic N) is 3. The molecule has 1 saturated heterocycles. The fourth-order valence-corrected chi connectivity index (χ4v) is 5.84. The topological polar surface area (TPSA) is 69.3 Å². The van der Waals surface area contributed by atoms with E-state index in [2.05, 4.69) is 41.3 Å². The van der Waals surface area contributed by atoms with E-state index in [9.17, 15) is 10.5 Å². The van der Waals surface area contributed by atoms with Crippen LogP contribution in [0.15, 0.2) is 78.9 Å². The number of benzene rings is 3. The van der Waals surface area contributed by atoms with Gasteiger partial charge in [0, 0.05) is 23.2 Å². The van der Waals surface area contributed by atoms with Gasteiger partial charge in [0.15, 0.2) is 5.41 Å². The van der Waals surface area contributed by atoms with Gasteiger partial charge in [0.05, 0.1) is 31.4 Å². The van der Waals surface area contributed by atoms with Crippen LogP contribution in [-0.4, -0.2) is 25.3 Å². The minimum absolute atomic E-state index is 0.154. The molecular formula is C31H29N3O2. The van der Waals surface area contributed by atoms with Crippen LogP contribution in [0.3, 0.4) is 0 Å². The predicted octanol–water partition coefficient (Wildman–Crippen LogP) is 6.13. The molecule has 0 unspecified atom stereocenters. The zero-order valence-electron chi connectivity index (χ0n) is 20.6. The van der Waals surface area contributed by atoms with E-state index in [4.69, 9.17) is 9.47 Å². The molecule has 0 radical (unpaired) electrons. The molecule has 0 spiro atoms. The van der Waals surface area contributed by atoms with Crippen LogP contribution in [0.5, 0.6) is 11.5 Å². The second-order valence-corrected chi connectivity index (χ2v) is 9.16. The summed E-state index contributed by atoms with van der Waals surface area (Å²) in [6.45, 7) is 4.90. The zero-order valence-corrected chi connectivity index (χ0v) is 20.6. The van der Waals surface area contributed by atoms with Gasteiger partial charge in [0.1, 0.15) is 11.5 Å². The van der Waals surface area contributed by atoms with E-state index in [1.165, 1.54) is 0 Å². The average molecular weight is 476 g/mol. The van der Waals surface area contributed by atoms with Crippen molar-refractivity contribution < 1.29 is 9.47 Å². The Morgan fingerprint density at radius 2 is 1.61 bits per heavy atom. The van der Waals surface area contributed by atoms with Crippen molar-refractivity contribution in [2.75, 3.05) is 18.1 Å². The molecule has 36 heavy (non-hydrogen) atoms. The third-order valence-corrected chi connectivity index (χ3v) is 7.26. The lowest BCUT2D eigenvalue weighted by Crippen LogP contribution is -2.42. The number of hydrogen-bond acceptors (Lipinski definition) is 5. The van der Waals surface area contributed by atoms with Crippen molar-refractivity contribution in [1.29, 1.82) is 10.5 Å². The Morgan fingerprint density at radius 3 is 2.33 bits per heavy atom. The van der Waals surface area contributed by atoms with E-state index in [1.807, 2.05) is 74.5 Å². The molecule has 0 N–H and O–H groups in total. The van der Waals surface area contributed by atoms with Gasteiger partial charge >= 0.3 is 0 Å². The van der Waals surface area contributed by atoms with Crippen LogP contribution in [0.4, 0.5) is 5.69 Å². The Bertz CT molecular complexity index is 1340. The number of anilines is 1. The number of para-hydroxylation sites is 1. The lowest BCUT2D eigenvalue weighted by Gasteiger charge is -2.36. The van der Waals surface area contributed by atoms with Gasteiger partial charge in [-0.1, -0.05) is 60.7 Å². The van der Waals surface area contributed by atoms with Gasteiger partial charge in [-0.05, 0) is 55.7 Å². The molecule has 5 heteroatoms. The lowest BCUT2D eigenvalue weighted by atomic mass is 9.69. The maximum absolute atomic E-state index is 10.7. The first-order chi connectivity index (χ1) is 17.7. The van der Waals surface area contributed by atoms with Crippen LogP contribution in [0.1, 0.15) is 36.5 Å². The summed E-state index contributed by atoms with van der Waals surface area (Å²) >= 11 is 0. The van der Waals surface area contributed by atoms with Gasteiger partial charge in [0.2, 0.25) is 0 Å². The molecule has 5 rings (SSSR count). The highest BCUT2D eigenvalue weighted by Crippen LogP contribution is 2.57. The van der Waals surface area contributed by atoms with Crippen molar-refractivity contribution >= 4 is 11.8 Å². The number of fused-ring (bicyclic) bond motifs is 3. The van der Waals surface area contributed by atoms with Crippen LogP contribution in [0.2, 0.25) is 0 Å². The van der Waals surface area contributed by atoms with Gasteiger partial charge in [-0.2, -0.15) is 10.5 Å². The maximum atomic E-state index is 10.7. The highest BCUT2D eigenvalue weighted by Gasteiger charge is 2.61.